The SMILES string of the molecule is CCCNc1ccnc(Nc2ccc(F)c(F)c2F)n1. The average Bonchev–Trinajstić information content (AvgIpc) is 2.46. The van der Waals surface area contributed by atoms with Crippen LogP contribution >= 0.6 is 0 Å². The largest absolute Gasteiger partial charge is 0.370 e. The lowest BCUT2D eigenvalue weighted by atomic mass is 10.3. The minimum atomic E-state index is -1.53. The van der Waals surface area contributed by atoms with Crippen molar-refractivity contribution >= 4 is 17.5 Å². The zero-order valence-corrected chi connectivity index (χ0v) is 10.8. The first-order chi connectivity index (χ1) is 9.61. The normalized spacial score (nSPS) is 10.4. The first-order valence-corrected chi connectivity index (χ1v) is 6.09. The molecule has 1 aromatic heterocycles. The molecule has 0 fully saturated rings. The summed E-state index contributed by atoms with van der Waals surface area (Å²) in [7, 11) is 0. The molecule has 0 radical (unpaired) electrons. The highest BCUT2D eigenvalue weighted by molar-refractivity contribution is 5.55. The Morgan fingerprint density at radius 1 is 1.10 bits per heavy atom. The summed E-state index contributed by atoms with van der Waals surface area (Å²) in [5, 5.41) is 5.55. The summed E-state index contributed by atoms with van der Waals surface area (Å²) in [5.41, 5.74) is -0.225. The molecule has 1 aromatic carbocycles. The van der Waals surface area contributed by atoms with Crippen LogP contribution in [-0.4, -0.2) is 16.5 Å². The summed E-state index contributed by atoms with van der Waals surface area (Å²) in [6, 6.07) is 3.58. The molecule has 0 aliphatic rings. The predicted octanol–water partition coefficient (Wildman–Crippen LogP) is 3.46. The molecule has 0 spiro atoms. The van der Waals surface area contributed by atoms with Crippen molar-refractivity contribution < 1.29 is 13.2 Å². The Morgan fingerprint density at radius 2 is 1.90 bits per heavy atom. The van der Waals surface area contributed by atoms with E-state index >= 15 is 0 Å². The number of anilines is 3. The van der Waals surface area contributed by atoms with E-state index in [-0.39, 0.29) is 11.6 Å². The van der Waals surface area contributed by atoms with Gasteiger partial charge in [-0.05, 0) is 24.6 Å². The molecule has 106 valence electrons. The predicted molar refractivity (Wildman–Crippen MR) is 70.4 cm³/mol. The minimum Gasteiger partial charge on any atom is -0.370 e. The molecule has 20 heavy (non-hydrogen) atoms. The number of rotatable bonds is 5. The van der Waals surface area contributed by atoms with Crippen molar-refractivity contribution in [2.45, 2.75) is 13.3 Å². The van der Waals surface area contributed by atoms with Gasteiger partial charge in [-0.15, -0.1) is 0 Å². The number of aromatic nitrogens is 2. The molecule has 2 N–H and O–H groups in total. The summed E-state index contributed by atoms with van der Waals surface area (Å²) in [6.45, 7) is 2.74. The Morgan fingerprint density at radius 3 is 2.65 bits per heavy atom. The van der Waals surface area contributed by atoms with Crippen LogP contribution in [0.15, 0.2) is 24.4 Å². The number of hydrogen-bond donors (Lipinski definition) is 2. The van der Waals surface area contributed by atoms with Gasteiger partial charge in [-0.2, -0.15) is 4.98 Å². The Labute approximate surface area is 114 Å². The third-order valence-corrected chi connectivity index (χ3v) is 2.49. The number of hydrogen-bond acceptors (Lipinski definition) is 4. The fraction of sp³-hybridized carbons (Fsp3) is 0.231. The Kier molecular flexibility index (Phi) is 4.39. The van der Waals surface area contributed by atoms with Gasteiger partial charge in [0.15, 0.2) is 17.5 Å². The molecule has 0 aliphatic carbocycles. The van der Waals surface area contributed by atoms with Crippen molar-refractivity contribution in [3.63, 3.8) is 0 Å². The molecule has 2 rings (SSSR count). The molecular formula is C13H13F3N4. The monoisotopic (exact) mass is 282 g/mol. The second-order valence-electron chi connectivity index (χ2n) is 4.04. The van der Waals surface area contributed by atoms with Crippen LogP contribution in [0.5, 0.6) is 0 Å². The van der Waals surface area contributed by atoms with Crippen molar-refractivity contribution in [1.29, 1.82) is 0 Å². The summed E-state index contributed by atoms with van der Waals surface area (Å²) in [6.07, 6.45) is 2.40. The van der Waals surface area contributed by atoms with E-state index in [0.717, 1.165) is 25.1 Å². The lowest BCUT2D eigenvalue weighted by molar-refractivity contribution is 0.449. The van der Waals surface area contributed by atoms with Gasteiger partial charge < -0.3 is 10.6 Å². The average molecular weight is 282 g/mol. The zero-order valence-electron chi connectivity index (χ0n) is 10.8. The highest BCUT2D eigenvalue weighted by Gasteiger charge is 2.14. The molecule has 1 heterocycles. The number of benzene rings is 1. The Balaban J connectivity index is 2.20. The topological polar surface area (TPSA) is 49.8 Å². The molecule has 2 aromatic rings. The van der Waals surface area contributed by atoms with Crippen LogP contribution in [0.3, 0.4) is 0 Å². The van der Waals surface area contributed by atoms with Gasteiger partial charge in [0.25, 0.3) is 0 Å². The Hall–Kier alpha value is -2.31. The van der Waals surface area contributed by atoms with Crippen molar-refractivity contribution in [3.8, 4) is 0 Å². The zero-order chi connectivity index (χ0) is 14.5. The van der Waals surface area contributed by atoms with Gasteiger partial charge in [0, 0.05) is 12.7 Å². The van der Waals surface area contributed by atoms with Crippen LogP contribution in [0.25, 0.3) is 0 Å². The first-order valence-electron chi connectivity index (χ1n) is 6.09. The third-order valence-electron chi connectivity index (χ3n) is 2.49. The summed E-state index contributed by atoms with van der Waals surface area (Å²) in [5.74, 6) is -3.42. The number of nitrogens with zero attached hydrogens (tertiary/aromatic N) is 2. The van der Waals surface area contributed by atoms with E-state index in [9.17, 15) is 13.2 Å². The van der Waals surface area contributed by atoms with Gasteiger partial charge in [0.05, 0.1) is 5.69 Å². The molecule has 0 bridgehead atoms. The van der Waals surface area contributed by atoms with Crippen LogP contribution in [0.2, 0.25) is 0 Å². The lowest BCUT2D eigenvalue weighted by Gasteiger charge is -2.08. The van der Waals surface area contributed by atoms with Crippen LogP contribution in [-0.2, 0) is 0 Å². The van der Waals surface area contributed by atoms with Crippen LogP contribution in [0.4, 0.5) is 30.6 Å². The molecule has 7 heteroatoms. The summed E-state index contributed by atoms with van der Waals surface area (Å²) >= 11 is 0. The molecule has 0 saturated carbocycles. The van der Waals surface area contributed by atoms with E-state index in [4.69, 9.17) is 0 Å². The molecule has 0 atom stereocenters. The van der Waals surface area contributed by atoms with Gasteiger partial charge in [0.2, 0.25) is 5.95 Å². The lowest BCUT2D eigenvalue weighted by Crippen LogP contribution is -2.06. The van der Waals surface area contributed by atoms with Gasteiger partial charge in [-0.3, -0.25) is 0 Å². The van der Waals surface area contributed by atoms with E-state index in [1.54, 1.807) is 6.07 Å². The maximum atomic E-state index is 13.5. The molecule has 0 amide bonds. The highest BCUT2D eigenvalue weighted by Crippen LogP contribution is 2.22. The third kappa shape index (κ3) is 3.17. The second kappa shape index (κ2) is 6.23. The minimum absolute atomic E-state index is 0.0935. The molecule has 0 unspecified atom stereocenters. The van der Waals surface area contributed by atoms with Gasteiger partial charge in [0.1, 0.15) is 5.82 Å². The maximum absolute atomic E-state index is 13.5. The fourth-order valence-corrected chi connectivity index (χ4v) is 1.51. The van der Waals surface area contributed by atoms with E-state index in [1.807, 2.05) is 6.92 Å². The number of nitrogens with one attached hydrogen (secondary N) is 2. The molecular weight excluding hydrogens is 269 g/mol. The fourth-order valence-electron chi connectivity index (χ4n) is 1.51. The van der Waals surface area contributed by atoms with E-state index in [2.05, 4.69) is 20.6 Å². The smallest absolute Gasteiger partial charge is 0.229 e. The van der Waals surface area contributed by atoms with E-state index in [1.165, 1.54) is 6.20 Å². The van der Waals surface area contributed by atoms with Crippen molar-refractivity contribution in [2.24, 2.45) is 0 Å². The quantitative estimate of drug-likeness (QED) is 0.825. The van der Waals surface area contributed by atoms with Crippen LogP contribution in [0, 0.1) is 17.5 Å². The molecule has 0 saturated heterocycles. The number of halogens is 3. The van der Waals surface area contributed by atoms with Gasteiger partial charge in [-0.25, -0.2) is 18.2 Å². The van der Waals surface area contributed by atoms with Crippen molar-refractivity contribution in [2.75, 3.05) is 17.2 Å². The summed E-state index contributed by atoms with van der Waals surface area (Å²) in [4.78, 5) is 7.97. The van der Waals surface area contributed by atoms with Crippen LogP contribution < -0.4 is 10.6 Å². The van der Waals surface area contributed by atoms with Crippen molar-refractivity contribution in [1.82, 2.24) is 9.97 Å². The summed E-state index contributed by atoms with van der Waals surface area (Å²) < 4.78 is 39.4. The molecule has 0 aliphatic heterocycles. The highest BCUT2D eigenvalue weighted by atomic mass is 19.2. The maximum Gasteiger partial charge on any atom is 0.229 e. The standard InChI is InChI=1S/C13H13F3N4/c1-2-6-17-10-5-7-18-13(20-10)19-9-4-3-8(14)11(15)12(9)16/h3-5,7H,2,6H2,1H3,(H2,17,18,19,20). The van der Waals surface area contributed by atoms with Crippen molar-refractivity contribution in [3.05, 3.63) is 41.8 Å². The van der Waals surface area contributed by atoms with Gasteiger partial charge in [-0.1, -0.05) is 6.92 Å². The van der Waals surface area contributed by atoms with Crippen LogP contribution in [0.1, 0.15) is 13.3 Å². The van der Waals surface area contributed by atoms with Gasteiger partial charge >= 0.3 is 0 Å². The Bertz CT molecular complexity index is 604. The van der Waals surface area contributed by atoms with E-state index in [0.29, 0.717) is 5.82 Å². The molecule has 4 nitrogen and oxygen atoms in total. The first kappa shape index (κ1) is 14.1. The second-order valence-corrected chi connectivity index (χ2v) is 4.04. The van der Waals surface area contributed by atoms with E-state index < -0.39 is 17.5 Å².